The molecule has 148 valence electrons. The van der Waals surface area contributed by atoms with E-state index in [9.17, 15) is 19.5 Å². The van der Waals surface area contributed by atoms with E-state index in [1.54, 1.807) is 42.5 Å². The highest BCUT2D eigenvalue weighted by Crippen LogP contribution is 2.16. The zero-order valence-electron chi connectivity index (χ0n) is 16.0. The molecule has 2 rings (SSSR count). The first-order chi connectivity index (χ1) is 13.4. The van der Waals surface area contributed by atoms with Gasteiger partial charge in [-0.1, -0.05) is 24.3 Å². The number of benzene rings is 1. The molecule has 0 saturated heterocycles. The second-order valence-corrected chi connectivity index (χ2v) is 6.29. The average Bonchev–Trinajstić information content (AvgIpc) is 2.99. The molecule has 2 aromatic rings. The number of ether oxygens (including phenoxy) is 1. The third kappa shape index (κ3) is 4.95. The van der Waals surface area contributed by atoms with Crippen molar-refractivity contribution in [2.24, 2.45) is 0 Å². The Morgan fingerprint density at radius 1 is 1.25 bits per heavy atom. The number of aryl methyl sites for hydroxylation is 1. The lowest BCUT2D eigenvalue weighted by Gasteiger charge is -2.15. The minimum absolute atomic E-state index is 0.347. The largest absolute Gasteiger partial charge is 0.456 e. The van der Waals surface area contributed by atoms with Crippen LogP contribution >= 0.6 is 0 Å². The predicted molar refractivity (Wildman–Crippen MR) is 104 cm³/mol. The molecule has 0 radical (unpaired) electrons. The number of nitrogens with one attached hydrogen (secondary N) is 1. The maximum Gasteiger partial charge on any atom is 0.331 e. The summed E-state index contributed by atoms with van der Waals surface area (Å²) in [5.41, 5.74) is 2.46. The molecule has 0 bridgehead atoms. The molecule has 0 fully saturated rings. The number of esters is 1. The maximum absolute atomic E-state index is 12.4. The zero-order chi connectivity index (χ0) is 20.7. The molecule has 1 atom stereocenters. The van der Waals surface area contributed by atoms with E-state index in [1.807, 2.05) is 18.4 Å². The Morgan fingerprint density at radius 3 is 2.54 bits per heavy atom. The summed E-state index contributed by atoms with van der Waals surface area (Å²) in [7, 11) is 0. The Balaban J connectivity index is 1.98. The molecule has 0 aliphatic carbocycles. The number of carbonyl (C=O) groups excluding carboxylic acids is 3. The Morgan fingerprint density at radius 2 is 1.93 bits per heavy atom. The smallest absolute Gasteiger partial charge is 0.331 e. The molecule has 0 saturated carbocycles. The van der Waals surface area contributed by atoms with Gasteiger partial charge in [-0.3, -0.25) is 9.59 Å². The molecule has 2 N–H and O–H groups in total. The van der Waals surface area contributed by atoms with Gasteiger partial charge in [0.2, 0.25) is 5.78 Å². The fraction of sp³-hybridized carbons (Fsp3) is 0.286. The zero-order valence-corrected chi connectivity index (χ0v) is 16.0. The molecule has 1 aromatic heterocycles. The van der Waals surface area contributed by atoms with Crippen molar-refractivity contribution >= 4 is 17.7 Å². The summed E-state index contributed by atoms with van der Waals surface area (Å²) in [6, 6.07) is 8.76. The van der Waals surface area contributed by atoms with Gasteiger partial charge in [-0.05, 0) is 32.0 Å². The van der Waals surface area contributed by atoms with E-state index in [2.05, 4.69) is 11.9 Å². The Labute approximate surface area is 163 Å². The first-order valence-electron chi connectivity index (χ1n) is 8.83. The number of ketones is 1. The highest BCUT2D eigenvalue weighted by molar-refractivity contribution is 6.00. The lowest BCUT2D eigenvalue weighted by atomic mass is 10.1. The van der Waals surface area contributed by atoms with Gasteiger partial charge in [-0.2, -0.15) is 0 Å². The molecular weight excluding hydrogens is 360 g/mol. The lowest BCUT2D eigenvalue weighted by molar-refractivity contribution is -0.145. The molecule has 28 heavy (non-hydrogen) atoms. The predicted octanol–water partition coefficient (Wildman–Crippen LogP) is 1.81. The van der Waals surface area contributed by atoms with Crippen molar-refractivity contribution in [2.75, 3.05) is 13.2 Å². The number of aliphatic hydroxyl groups is 1. The van der Waals surface area contributed by atoms with E-state index < -0.39 is 31.1 Å². The molecular formula is C21H24N2O5. The number of aromatic nitrogens is 1. The fourth-order valence-corrected chi connectivity index (χ4v) is 2.82. The first kappa shape index (κ1) is 21.1. The van der Waals surface area contributed by atoms with Crippen molar-refractivity contribution in [3.05, 3.63) is 71.6 Å². The minimum atomic E-state index is -1.26. The van der Waals surface area contributed by atoms with Crippen LogP contribution in [0.25, 0.3) is 0 Å². The summed E-state index contributed by atoms with van der Waals surface area (Å²) >= 11 is 0. The van der Waals surface area contributed by atoms with Crippen molar-refractivity contribution in [2.45, 2.75) is 26.4 Å². The van der Waals surface area contributed by atoms with E-state index >= 15 is 0 Å². The topological polar surface area (TPSA) is 97.6 Å². The van der Waals surface area contributed by atoms with E-state index in [0.29, 0.717) is 17.7 Å². The van der Waals surface area contributed by atoms with Crippen LogP contribution in [-0.2, 0) is 16.1 Å². The minimum Gasteiger partial charge on any atom is -0.456 e. The summed E-state index contributed by atoms with van der Waals surface area (Å²) in [5, 5.41) is 11.8. The Hall–Kier alpha value is -3.19. The molecule has 0 aliphatic heterocycles. The third-order valence-corrected chi connectivity index (χ3v) is 4.34. The van der Waals surface area contributed by atoms with Gasteiger partial charge in [0.15, 0.2) is 12.6 Å². The summed E-state index contributed by atoms with van der Waals surface area (Å²) in [5.74, 6) is -1.75. The molecule has 7 nitrogen and oxygen atoms in total. The van der Waals surface area contributed by atoms with Gasteiger partial charge >= 0.3 is 5.97 Å². The number of amides is 1. The number of hydrogen-bond acceptors (Lipinski definition) is 5. The molecule has 1 aromatic carbocycles. The van der Waals surface area contributed by atoms with Crippen LogP contribution in [0.4, 0.5) is 0 Å². The number of rotatable bonds is 9. The summed E-state index contributed by atoms with van der Waals surface area (Å²) in [4.78, 5) is 36.7. The normalized spacial score (nSPS) is 11.5. The van der Waals surface area contributed by atoms with E-state index in [1.165, 1.54) is 0 Å². The third-order valence-electron chi connectivity index (χ3n) is 4.34. The van der Waals surface area contributed by atoms with E-state index in [-0.39, 0.29) is 5.78 Å². The van der Waals surface area contributed by atoms with Gasteiger partial charge in [-0.15, -0.1) is 6.58 Å². The second-order valence-electron chi connectivity index (χ2n) is 6.29. The number of allylic oxidation sites excluding steroid dienone is 1. The maximum atomic E-state index is 12.4. The number of hydrogen-bond donors (Lipinski definition) is 2. The molecule has 1 unspecified atom stereocenters. The summed E-state index contributed by atoms with van der Waals surface area (Å²) in [6.45, 7) is 6.83. The van der Waals surface area contributed by atoms with Gasteiger partial charge in [0, 0.05) is 29.1 Å². The standard InChI is InChI=1S/C21H24N2O5/c1-4-10-23-14(2)11-17(15(23)3)19(25)13-28-21(27)18(12-24)22-20(26)16-8-6-5-7-9-16/h4-9,11,18,24H,1,10,12-13H2,2-3H3,(H,22,26). The van der Waals surface area contributed by atoms with Crippen molar-refractivity contribution < 1.29 is 24.2 Å². The molecule has 7 heteroatoms. The monoisotopic (exact) mass is 384 g/mol. The Bertz CT molecular complexity index is 870. The van der Waals surface area contributed by atoms with Gasteiger partial charge in [0.05, 0.1) is 6.61 Å². The van der Waals surface area contributed by atoms with Gasteiger partial charge in [0.1, 0.15) is 0 Å². The fourth-order valence-electron chi connectivity index (χ4n) is 2.82. The number of aliphatic hydroxyl groups excluding tert-OH is 1. The van der Waals surface area contributed by atoms with Crippen LogP contribution < -0.4 is 5.32 Å². The van der Waals surface area contributed by atoms with Crippen LogP contribution in [0.15, 0.2) is 49.1 Å². The highest BCUT2D eigenvalue weighted by atomic mass is 16.5. The number of carbonyl (C=O) groups is 3. The SMILES string of the molecule is C=CCn1c(C)cc(C(=O)COC(=O)C(CO)NC(=O)c2ccccc2)c1C. The number of nitrogens with zero attached hydrogens (tertiary/aromatic N) is 1. The van der Waals surface area contributed by atoms with Crippen molar-refractivity contribution in [3.8, 4) is 0 Å². The van der Waals surface area contributed by atoms with Crippen molar-refractivity contribution in [1.29, 1.82) is 0 Å². The lowest BCUT2D eigenvalue weighted by Crippen LogP contribution is -2.44. The van der Waals surface area contributed by atoms with Crippen LogP contribution in [0.3, 0.4) is 0 Å². The summed E-state index contributed by atoms with van der Waals surface area (Å²) < 4.78 is 6.95. The quantitative estimate of drug-likeness (QED) is 0.390. The highest BCUT2D eigenvalue weighted by Gasteiger charge is 2.24. The van der Waals surface area contributed by atoms with Crippen LogP contribution in [-0.4, -0.2) is 46.6 Å². The molecule has 0 aliphatic rings. The van der Waals surface area contributed by atoms with Crippen molar-refractivity contribution in [1.82, 2.24) is 9.88 Å². The van der Waals surface area contributed by atoms with Gasteiger partial charge in [0.25, 0.3) is 5.91 Å². The molecule has 1 amide bonds. The van der Waals surface area contributed by atoms with Crippen LogP contribution in [0.2, 0.25) is 0 Å². The molecule has 1 heterocycles. The van der Waals surface area contributed by atoms with E-state index in [0.717, 1.165) is 11.4 Å². The summed E-state index contributed by atoms with van der Waals surface area (Å²) in [6.07, 6.45) is 1.73. The van der Waals surface area contributed by atoms with Gasteiger partial charge in [-0.25, -0.2) is 4.79 Å². The van der Waals surface area contributed by atoms with Crippen LogP contribution in [0.1, 0.15) is 32.1 Å². The van der Waals surface area contributed by atoms with Crippen LogP contribution in [0, 0.1) is 13.8 Å². The first-order valence-corrected chi connectivity index (χ1v) is 8.83. The average molecular weight is 384 g/mol. The van der Waals surface area contributed by atoms with Gasteiger partial charge < -0.3 is 19.7 Å². The van der Waals surface area contributed by atoms with Crippen molar-refractivity contribution in [3.63, 3.8) is 0 Å². The van der Waals surface area contributed by atoms with Crippen LogP contribution in [0.5, 0.6) is 0 Å². The second kappa shape index (κ2) is 9.66. The molecule has 0 spiro atoms. The number of Topliss-reactive ketones (excluding diaryl/α,β-unsaturated/α-hetero) is 1. The Kier molecular flexibility index (Phi) is 7.28. The van der Waals surface area contributed by atoms with E-state index in [4.69, 9.17) is 4.74 Å².